The number of halogens is 2. The SMILES string of the molecule is COc1cc2c(Nc3cc(O)c(C)cc3F)cnnc2cc1OCc1nccn1C.Cl. The van der Waals surface area contributed by atoms with E-state index in [1.165, 1.54) is 25.4 Å². The molecule has 8 nitrogen and oxygen atoms in total. The summed E-state index contributed by atoms with van der Waals surface area (Å²) in [6.07, 6.45) is 5.01. The minimum Gasteiger partial charge on any atom is -0.508 e. The van der Waals surface area contributed by atoms with Crippen LogP contribution in [0.15, 0.2) is 42.9 Å². The molecule has 2 aromatic carbocycles. The molecule has 0 spiro atoms. The Hall–Kier alpha value is -3.59. The van der Waals surface area contributed by atoms with Crippen LogP contribution in [0.1, 0.15) is 11.4 Å². The molecule has 4 aromatic rings. The second-order valence-corrected chi connectivity index (χ2v) is 6.77. The van der Waals surface area contributed by atoms with Gasteiger partial charge in [-0.25, -0.2) is 9.37 Å². The summed E-state index contributed by atoms with van der Waals surface area (Å²) >= 11 is 0. The highest BCUT2D eigenvalue weighted by Gasteiger charge is 2.14. The van der Waals surface area contributed by atoms with Crippen LogP contribution in [0, 0.1) is 12.7 Å². The minimum absolute atomic E-state index is 0. The summed E-state index contributed by atoms with van der Waals surface area (Å²) in [6, 6.07) is 6.04. The molecule has 0 atom stereocenters. The molecule has 10 heteroatoms. The van der Waals surface area contributed by atoms with Crippen molar-refractivity contribution < 1.29 is 19.0 Å². The minimum atomic E-state index is -0.489. The van der Waals surface area contributed by atoms with E-state index in [9.17, 15) is 9.50 Å². The van der Waals surface area contributed by atoms with Gasteiger partial charge in [0.15, 0.2) is 11.5 Å². The number of hydrogen-bond acceptors (Lipinski definition) is 7. The van der Waals surface area contributed by atoms with Crippen molar-refractivity contribution in [3.05, 3.63) is 60.1 Å². The molecule has 0 unspecified atom stereocenters. The summed E-state index contributed by atoms with van der Waals surface area (Å²) in [7, 11) is 3.42. The van der Waals surface area contributed by atoms with Crippen molar-refractivity contribution in [3.8, 4) is 17.2 Å². The van der Waals surface area contributed by atoms with Crippen LogP contribution in [0.25, 0.3) is 10.9 Å². The Morgan fingerprint density at radius 2 is 1.97 bits per heavy atom. The van der Waals surface area contributed by atoms with Crippen LogP contribution >= 0.6 is 12.4 Å². The number of aromatic nitrogens is 4. The van der Waals surface area contributed by atoms with Crippen LogP contribution in [0.5, 0.6) is 17.2 Å². The molecule has 0 bridgehead atoms. The second kappa shape index (κ2) is 9.05. The van der Waals surface area contributed by atoms with Gasteiger partial charge < -0.3 is 24.5 Å². The highest BCUT2D eigenvalue weighted by Crippen LogP contribution is 2.36. The Labute approximate surface area is 184 Å². The maximum absolute atomic E-state index is 14.3. The van der Waals surface area contributed by atoms with Crippen LogP contribution < -0.4 is 14.8 Å². The number of nitrogens with zero attached hydrogens (tertiary/aromatic N) is 4. The topological polar surface area (TPSA) is 94.3 Å². The van der Waals surface area contributed by atoms with E-state index in [4.69, 9.17) is 9.47 Å². The van der Waals surface area contributed by atoms with Gasteiger partial charge in [-0.15, -0.1) is 12.4 Å². The molecule has 4 rings (SSSR count). The van der Waals surface area contributed by atoms with E-state index < -0.39 is 5.82 Å². The Kier molecular flexibility index (Phi) is 6.45. The number of phenolic OH excluding ortho intramolecular Hbond substituents is 1. The molecular weight excluding hydrogens is 425 g/mol. The first-order chi connectivity index (χ1) is 14.5. The molecule has 0 saturated heterocycles. The molecule has 0 fully saturated rings. The number of imidazole rings is 1. The molecular formula is C21H21ClFN5O3. The van der Waals surface area contributed by atoms with E-state index in [1.54, 1.807) is 25.3 Å². The molecule has 2 heterocycles. The molecule has 2 aromatic heterocycles. The maximum atomic E-state index is 14.3. The van der Waals surface area contributed by atoms with Crippen molar-refractivity contribution in [2.75, 3.05) is 12.4 Å². The normalized spacial score (nSPS) is 10.6. The lowest BCUT2D eigenvalue weighted by Gasteiger charge is -2.14. The second-order valence-electron chi connectivity index (χ2n) is 6.77. The van der Waals surface area contributed by atoms with E-state index in [2.05, 4.69) is 20.5 Å². The van der Waals surface area contributed by atoms with Gasteiger partial charge in [0.2, 0.25) is 0 Å². The van der Waals surface area contributed by atoms with Gasteiger partial charge in [0.05, 0.1) is 30.2 Å². The summed E-state index contributed by atoms with van der Waals surface area (Å²) in [5, 5.41) is 21.7. The quantitative estimate of drug-likeness (QED) is 0.457. The molecule has 0 aliphatic heterocycles. The van der Waals surface area contributed by atoms with Crippen molar-refractivity contribution in [3.63, 3.8) is 0 Å². The average molecular weight is 446 g/mol. The zero-order valence-corrected chi connectivity index (χ0v) is 17.9. The van der Waals surface area contributed by atoms with Crippen molar-refractivity contribution in [1.29, 1.82) is 0 Å². The third kappa shape index (κ3) is 4.46. The number of anilines is 2. The number of aromatic hydroxyl groups is 1. The number of ether oxygens (including phenoxy) is 2. The largest absolute Gasteiger partial charge is 0.508 e. The fourth-order valence-electron chi connectivity index (χ4n) is 3.02. The molecule has 31 heavy (non-hydrogen) atoms. The van der Waals surface area contributed by atoms with E-state index in [0.29, 0.717) is 33.7 Å². The van der Waals surface area contributed by atoms with E-state index in [-0.39, 0.29) is 30.5 Å². The number of nitrogens with one attached hydrogen (secondary N) is 1. The summed E-state index contributed by atoms with van der Waals surface area (Å²) in [5.74, 6) is 1.23. The van der Waals surface area contributed by atoms with E-state index >= 15 is 0 Å². The van der Waals surface area contributed by atoms with E-state index in [1.807, 2.05) is 17.8 Å². The first-order valence-corrected chi connectivity index (χ1v) is 9.15. The zero-order valence-electron chi connectivity index (χ0n) is 17.1. The van der Waals surface area contributed by atoms with Crippen LogP contribution in [0.3, 0.4) is 0 Å². The number of phenols is 1. The van der Waals surface area contributed by atoms with Gasteiger partial charge in [-0.2, -0.15) is 10.2 Å². The van der Waals surface area contributed by atoms with Gasteiger partial charge in [-0.3, -0.25) is 0 Å². The van der Waals surface area contributed by atoms with Gasteiger partial charge in [-0.1, -0.05) is 0 Å². The lowest BCUT2D eigenvalue weighted by molar-refractivity contribution is 0.273. The number of methoxy groups -OCH3 is 1. The number of rotatable bonds is 6. The first kappa shape index (κ1) is 22.1. The van der Waals surface area contributed by atoms with Gasteiger partial charge in [0.25, 0.3) is 0 Å². The van der Waals surface area contributed by atoms with Crippen molar-refractivity contribution in [2.45, 2.75) is 13.5 Å². The standard InChI is InChI=1S/C21H20FN5O3.ClH/c1-12-6-14(22)16(8-18(12)28)25-17-10-24-26-15-9-20(19(29-3)7-13(15)17)30-11-21-23-4-5-27(21)2;/h4-10,28H,11H2,1-3H3,(H,25,26);1H. The maximum Gasteiger partial charge on any atom is 0.164 e. The van der Waals surface area contributed by atoms with Crippen LogP contribution in [-0.4, -0.2) is 32.0 Å². The lowest BCUT2D eigenvalue weighted by atomic mass is 10.1. The van der Waals surface area contributed by atoms with Gasteiger partial charge in [0.1, 0.15) is 24.0 Å². The lowest BCUT2D eigenvalue weighted by Crippen LogP contribution is -2.04. The number of aryl methyl sites for hydroxylation is 2. The highest BCUT2D eigenvalue weighted by atomic mass is 35.5. The number of hydrogen-bond donors (Lipinski definition) is 2. The Morgan fingerprint density at radius 3 is 2.68 bits per heavy atom. The molecule has 0 aliphatic carbocycles. The van der Waals surface area contributed by atoms with Gasteiger partial charge in [0, 0.05) is 37.0 Å². The third-order valence-electron chi connectivity index (χ3n) is 4.76. The zero-order chi connectivity index (χ0) is 21.3. The molecule has 0 radical (unpaired) electrons. The number of benzene rings is 2. The molecule has 2 N–H and O–H groups in total. The monoisotopic (exact) mass is 445 g/mol. The number of fused-ring (bicyclic) bond motifs is 1. The Bertz CT molecular complexity index is 1230. The Morgan fingerprint density at radius 1 is 1.16 bits per heavy atom. The average Bonchev–Trinajstić information content (AvgIpc) is 3.14. The summed E-state index contributed by atoms with van der Waals surface area (Å²) in [6.45, 7) is 1.88. The molecule has 0 saturated carbocycles. The van der Waals surface area contributed by atoms with Crippen LogP contribution in [-0.2, 0) is 13.7 Å². The fourth-order valence-corrected chi connectivity index (χ4v) is 3.02. The van der Waals surface area contributed by atoms with E-state index in [0.717, 1.165) is 5.82 Å². The van der Waals surface area contributed by atoms with Crippen molar-refractivity contribution in [2.24, 2.45) is 7.05 Å². The smallest absolute Gasteiger partial charge is 0.164 e. The van der Waals surface area contributed by atoms with Crippen LogP contribution in [0.4, 0.5) is 15.8 Å². The summed E-state index contributed by atoms with van der Waals surface area (Å²) in [4.78, 5) is 4.23. The summed E-state index contributed by atoms with van der Waals surface area (Å²) < 4.78 is 27.5. The van der Waals surface area contributed by atoms with Crippen molar-refractivity contribution in [1.82, 2.24) is 19.7 Å². The Balaban J connectivity index is 0.00000272. The molecule has 162 valence electrons. The van der Waals surface area contributed by atoms with Gasteiger partial charge >= 0.3 is 0 Å². The predicted molar refractivity (Wildman–Crippen MR) is 117 cm³/mol. The molecule has 0 aliphatic rings. The van der Waals surface area contributed by atoms with Gasteiger partial charge in [-0.05, 0) is 24.6 Å². The summed E-state index contributed by atoms with van der Waals surface area (Å²) in [5.41, 5.74) is 1.62. The van der Waals surface area contributed by atoms with Crippen LogP contribution in [0.2, 0.25) is 0 Å². The molecule has 0 amide bonds. The van der Waals surface area contributed by atoms with Crippen molar-refractivity contribution >= 4 is 34.7 Å². The third-order valence-corrected chi connectivity index (χ3v) is 4.76. The first-order valence-electron chi connectivity index (χ1n) is 9.15. The fraction of sp³-hybridized carbons (Fsp3) is 0.190. The highest BCUT2D eigenvalue weighted by molar-refractivity contribution is 5.94. The predicted octanol–water partition coefficient (Wildman–Crippen LogP) is 4.27.